The molecule has 1 aliphatic heterocycles. The lowest BCUT2D eigenvalue weighted by molar-refractivity contribution is -0.112. The largest absolute Gasteiger partial charge is 0.363 e. The van der Waals surface area contributed by atoms with Gasteiger partial charge in [-0.1, -0.05) is 42.5 Å². The molecule has 0 radical (unpaired) electrons. The maximum Gasteiger partial charge on any atom is 0.286 e. The van der Waals surface area contributed by atoms with E-state index in [9.17, 15) is 4.79 Å². The summed E-state index contributed by atoms with van der Waals surface area (Å²) in [6.07, 6.45) is -0.240. The van der Waals surface area contributed by atoms with Crippen LogP contribution >= 0.6 is 0 Å². The number of nitrogens with zero attached hydrogens (tertiary/aromatic N) is 2. The Morgan fingerprint density at radius 3 is 2.62 bits per heavy atom. The number of aryl methyl sites for hydroxylation is 1. The number of hydrazone groups is 1. The molecule has 1 unspecified atom stereocenters. The summed E-state index contributed by atoms with van der Waals surface area (Å²) in [5, 5.41) is 9.18. The first-order chi connectivity index (χ1) is 10.1. The number of carbonyl (C=O) groups excluding carboxylic acids is 1. The molecular weight excluding hydrogens is 264 g/mol. The van der Waals surface area contributed by atoms with Crippen molar-refractivity contribution in [1.82, 2.24) is 5.32 Å². The van der Waals surface area contributed by atoms with Gasteiger partial charge in [0.15, 0.2) is 0 Å². The van der Waals surface area contributed by atoms with E-state index in [-0.39, 0.29) is 12.0 Å². The highest BCUT2D eigenvalue weighted by Gasteiger charge is 2.30. The molecule has 3 N–H and O–H groups in total. The Bertz CT molecular complexity index is 696. The Kier molecular flexibility index (Phi) is 3.31. The molecule has 0 saturated carbocycles. The van der Waals surface area contributed by atoms with Gasteiger partial charge in [-0.2, -0.15) is 0 Å². The highest BCUT2D eigenvalue weighted by molar-refractivity contribution is 6.38. The van der Waals surface area contributed by atoms with E-state index in [1.54, 1.807) is 5.01 Å². The van der Waals surface area contributed by atoms with Crippen molar-refractivity contribution >= 4 is 17.4 Å². The molecule has 0 saturated heterocycles. The minimum atomic E-state index is -0.564. The van der Waals surface area contributed by atoms with Crippen molar-refractivity contribution in [3.63, 3.8) is 0 Å². The topological polar surface area (TPSA) is 70.7 Å². The van der Waals surface area contributed by atoms with E-state index in [4.69, 9.17) is 5.73 Å². The zero-order valence-corrected chi connectivity index (χ0v) is 11.7. The maximum atomic E-state index is 11.4. The molecule has 5 heteroatoms. The Labute approximate surface area is 123 Å². The Morgan fingerprint density at radius 2 is 1.95 bits per heavy atom. The lowest BCUT2D eigenvalue weighted by Gasteiger charge is -2.24. The summed E-state index contributed by atoms with van der Waals surface area (Å²) in [6, 6.07) is 17.8. The summed E-state index contributed by atoms with van der Waals surface area (Å²) in [4.78, 5) is 11.4. The first-order valence-corrected chi connectivity index (χ1v) is 6.71. The van der Waals surface area contributed by atoms with Crippen molar-refractivity contribution in [2.24, 2.45) is 10.8 Å². The van der Waals surface area contributed by atoms with Gasteiger partial charge in [-0.3, -0.25) is 4.79 Å². The normalized spacial score (nSPS) is 17.3. The second-order valence-electron chi connectivity index (χ2n) is 4.95. The fourth-order valence-electron chi connectivity index (χ4n) is 2.34. The van der Waals surface area contributed by atoms with Crippen LogP contribution in [0.15, 0.2) is 59.7 Å². The predicted octanol–water partition coefficient (Wildman–Crippen LogP) is 1.90. The number of amidine groups is 1. The summed E-state index contributed by atoms with van der Waals surface area (Å²) >= 11 is 0. The SMILES string of the molecule is Cc1cccc(N2N=C(C(N)=O)NC2c2ccccc2)c1. The number of benzene rings is 2. The van der Waals surface area contributed by atoms with Crippen LogP contribution in [0.3, 0.4) is 0 Å². The van der Waals surface area contributed by atoms with Gasteiger partial charge in [0.05, 0.1) is 5.69 Å². The van der Waals surface area contributed by atoms with Crippen molar-refractivity contribution < 1.29 is 4.79 Å². The third kappa shape index (κ3) is 2.58. The van der Waals surface area contributed by atoms with Crippen LogP contribution in [-0.4, -0.2) is 11.7 Å². The number of primary amides is 1. The molecule has 106 valence electrons. The van der Waals surface area contributed by atoms with Crippen molar-refractivity contribution in [1.29, 1.82) is 0 Å². The van der Waals surface area contributed by atoms with Crippen molar-refractivity contribution in [2.75, 3.05) is 5.01 Å². The van der Waals surface area contributed by atoms with Gasteiger partial charge in [0.1, 0.15) is 6.17 Å². The van der Waals surface area contributed by atoms with Gasteiger partial charge in [0.25, 0.3) is 5.91 Å². The quantitative estimate of drug-likeness (QED) is 0.902. The molecule has 0 spiro atoms. The molecular formula is C16H16N4O. The monoisotopic (exact) mass is 280 g/mol. The molecule has 2 aromatic rings. The Morgan fingerprint density at radius 1 is 1.19 bits per heavy atom. The predicted molar refractivity (Wildman–Crippen MR) is 82.6 cm³/mol. The summed E-state index contributed by atoms with van der Waals surface area (Å²) in [7, 11) is 0. The van der Waals surface area contributed by atoms with Crippen LogP contribution in [0.5, 0.6) is 0 Å². The second kappa shape index (κ2) is 5.28. The van der Waals surface area contributed by atoms with E-state index in [0.717, 1.165) is 16.8 Å². The summed E-state index contributed by atoms with van der Waals surface area (Å²) in [5.74, 6) is -0.392. The third-order valence-electron chi connectivity index (χ3n) is 3.34. The molecule has 1 aliphatic rings. The fourth-order valence-corrected chi connectivity index (χ4v) is 2.34. The number of amides is 1. The molecule has 5 nitrogen and oxygen atoms in total. The molecule has 1 amide bonds. The molecule has 0 aliphatic carbocycles. The van der Waals surface area contributed by atoms with Gasteiger partial charge in [-0.25, -0.2) is 5.01 Å². The minimum Gasteiger partial charge on any atom is -0.363 e. The lowest BCUT2D eigenvalue weighted by atomic mass is 10.1. The average Bonchev–Trinajstić information content (AvgIpc) is 2.93. The first-order valence-electron chi connectivity index (χ1n) is 6.71. The van der Waals surface area contributed by atoms with E-state index in [1.165, 1.54) is 0 Å². The Hall–Kier alpha value is -2.82. The number of rotatable bonds is 3. The third-order valence-corrected chi connectivity index (χ3v) is 3.34. The van der Waals surface area contributed by atoms with Gasteiger partial charge in [0.2, 0.25) is 5.84 Å². The number of hydrogen-bond acceptors (Lipinski definition) is 4. The summed E-state index contributed by atoms with van der Waals surface area (Å²) < 4.78 is 0. The van der Waals surface area contributed by atoms with Crippen LogP contribution in [0.2, 0.25) is 0 Å². The molecule has 1 heterocycles. The van der Waals surface area contributed by atoms with Crippen molar-refractivity contribution in [3.8, 4) is 0 Å². The molecule has 0 bridgehead atoms. The van der Waals surface area contributed by atoms with Crippen LogP contribution in [0.25, 0.3) is 0 Å². The molecule has 0 aromatic heterocycles. The summed E-state index contributed by atoms with van der Waals surface area (Å²) in [6.45, 7) is 2.02. The number of anilines is 1. The van der Waals surface area contributed by atoms with Crippen LogP contribution in [0.1, 0.15) is 17.3 Å². The number of carbonyl (C=O) groups is 1. The van der Waals surface area contributed by atoms with Gasteiger partial charge >= 0.3 is 0 Å². The van der Waals surface area contributed by atoms with Gasteiger partial charge in [-0.15, -0.1) is 5.10 Å². The minimum absolute atomic E-state index is 0.172. The van der Waals surface area contributed by atoms with E-state index >= 15 is 0 Å². The molecule has 3 rings (SSSR count). The second-order valence-corrected chi connectivity index (χ2v) is 4.95. The van der Waals surface area contributed by atoms with E-state index < -0.39 is 5.91 Å². The first kappa shape index (κ1) is 13.2. The Balaban J connectivity index is 2.02. The van der Waals surface area contributed by atoms with E-state index in [0.29, 0.717) is 0 Å². The number of nitrogens with two attached hydrogens (primary N) is 1. The lowest BCUT2D eigenvalue weighted by Crippen LogP contribution is -2.36. The molecule has 21 heavy (non-hydrogen) atoms. The fraction of sp³-hybridized carbons (Fsp3) is 0.125. The van der Waals surface area contributed by atoms with Crippen LogP contribution in [-0.2, 0) is 4.79 Å². The van der Waals surface area contributed by atoms with Gasteiger partial charge in [0, 0.05) is 0 Å². The molecule has 0 fully saturated rings. The number of nitrogens with one attached hydrogen (secondary N) is 1. The van der Waals surface area contributed by atoms with Crippen molar-refractivity contribution in [3.05, 3.63) is 65.7 Å². The van der Waals surface area contributed by atoms with Crippen LogP contribution in [0, 0.1) is 6.92 Å². The zero-order chi connectivity index (χ0) is 14.8. The van der Waals surface area contributed by atoms with E-state index in [1.807, 2.05) is 61.5 Å². The highest BCUT2D eigenvalue weighted by atomic mass is 16.1. The number of hydrogen-bond donors (Lipinski definition) is 2. The highest BCUT2D eigenvalue weighted by Crippen LogP contribution is 2.29. The maximum absolute atomic E-state index is 11.4. The smallest absolute Gasteiger partial charge is 0.286 e. The van der Waals surface area contributed by atoms with E-state index in [2.05, 4.69) is 10.4 Å². The van der Waals surface area contributed by atoms with Gasteiger partial charge in [-0.05, 0) is 30.2 Å². The van der Waals surface area contributed by atoms with Crippen LogP contribution < -0.4 is 16.1 Å². The standard InChI is InChI=1S/C16H16N4O/c1-11-6-5-9-13(10-11)20-16(12-7-3-2-4-8-12)18-15(19-20)14(17)21/h2-10,16H,1H3,(H2,17,21)(H,18,19). The zero-order valence-electron chi connectivity index (χ0n) is 11.7. The average molecular weight is 280 g/mol. The van der Waals surface area contributed by atoms with Crippen LogP contribution in [0.4, 0.5) is 5.69 Å². The van der Waals surface area contributed by atoms with Crippen molar-refractivity contribution in [2.45, 2.75) is 13.1 Å². The van der Waals surface area contributed by atoms with Gasteiger partial charge < -0.3 is 11.1 Å². The molecule has 1 atom stereocenters. The summed E-state index contributed by atoms with van der Waals surface area (Å²) in [5.41, 5.74) is 8.40. The molecule has 2 aromatic carbocycles.